The molecule has 1 fully saturated rings. The van der Waals surface area contributed by atoms with Gasteiger partial charge < -0.3 is 0 Å². The van der Waals surface area contributed by atoms with E-state index in [1.54, 1.807) is 0 Å². The van der Waals surface area contributed by atoms with E-state index in [0.717, 1.165) is 5.75 Å². The Labute approximate surface area is 175 Å². The number of hydrogen-bond acceptors (Lipinski definition) is 2. The number of allylic oxidation sites excluding steroid dienone is 2. The number of hydrogen-bond donors (Lipinski definition) is 0. The summed E-state index contributed by atoms with van der Waals surface area (Å²) >= 11 is 3.52. The van der Waals surface area contributed by atoms with Crippen LogP contribution in [0.15, 0.2) is 52.0 Å². The third kappa shape index (κ3) is 6.24. The predicted molar refractivity (Wildman–Crippen MR) is 112 cm³/mol. The van der Waals surface area contributed by atoms with Gasteiger partial charge in [-0.2, -0.15) is 0 Å². The molecule has 1 nitrogen and oxygen atoms in total. The molecule has 1 aromatic carbocycles. The molecule has 1 aliphatic carbocycles. The van der Waals surface area contributed by atoms with Crippen LogP contribution in [0.1, 0.15) is 60.3 Å². The van der Waals surface area contributed by atoms with E-state index in [4.69, 9.17) is 4.74 Å². The third-order valence-electron chi connectivity index (χ3n) is 5.49. The van der Waals surface area contributed by atoms with Crippen LogP contribution in [0.2, 0.25) is 0 Å². The van der Waals surface area contributed by atoms with Gasteiger partial charge in [0.25, 0.3) is 0 Å². The normalized spacial score (nSPS) is 17.8. The molecule has 0 atom stereocenters. The van der Waals surface area contributed by atoms with E-state index in [2.05, 4.69) is 65.0 Å². The quantitative estimate of drug-likeness (QED) is 0.266. The molecule has 0 unspecified atom stereocenters. The van der Waals surface area contributed by atoms with E-state index in [1.165, 1.54) is 76.3 Å². The zero-order valence-electron chi connectivity index (χ0n) is 16.9. The molecule has 0 heterocycles. The maximum atomic E-state index is 6.10. The summed E-state index contributed by atoms with van der Waals surface area (Å²) in [6.45, 7) is 11.7. The van der Waals surface area contributed by atoms with Crippen molar-refractivity contribution in [3.8, 4) is 5.75 Å². The molecule has 1 saturated carbocycles. The van der Waals surface area contributed by atoms with Gasteiger partial charge in [-0.15, -0.1) is 0 Å². The van der Waals surface area contributed by atoms with Crippen LogP contribution >= 0.6 is 11.8 Å². The summed E-state index contributed by atoms with van der Waals surface area (Å²) in [7, 11) is 0. The molecule has 0 amide bonds. The van der Waals surface area contributed by atoms with Gasteiger partial charge in [-0.3, -0.25) is 0 Å². The van der Waals surface area contributed by atoms with Crippen LogP contribution < -0.4 is 4.74 Å². The van der Waals surface area contributed by atoms with E-state index in [9.17, 15) is 0 Å². The Morgan fingerprint density at radius 1 is 1.15 bits per heavy atom. The fourth-order valence-electron chi connectivity index (χ4n) is 3.32. The van der Waals surface area contributed by atoms with Gasteiger partial charge in [0, 0.05) is 0 Å². The summed E-state index contributed by atoms with van der Waals surface area (Å²) in [4.78, 5) is 1.35. The van der Waals surface area contributed by atoms with Crippen molar-refractivity contribution in [3.05, 3.63) is 47.1 Å². The van der Waals surface area contributed by atoms with Crippen LogP contribution in [0.3, 0.4) is 0 Å². The Hall–Kier alpha value is -0.592. The second-order valence-electron chi connectivity index (χ2n) is 7.70. The van der Waals surface area contributed by atoms with E-state index in [-0.39, 0.29) is 0 Å². The Morgan fingerprint density at radius 2 is 1.77 bits per heavy atom. The molecular formula is C23H32OSW. The van der Waals surface area contributed by atoms with Gasteiger partial charge >= 0.3 is 143 Å². The average molecular weight is 540 g/mol. The predicted octanol–water partition coefficient (Wildman–Crippen LogP) is 6.76. The van der Waals surface area contributed by atoms with Crippen LogP contribution in [0.5, 0.6) is 5.75 Å². The van der Waals surface area contributed by atoms with Gasteiger partial charge in [0.2, 0.25) is 0 Å². The van der Waals surface area contributed by atoms with E-state index in [0.29, 0.717) is 12.0 Å². The first kappa shape index (κ1) is 21.7. The molecule has 0 spiro atoms. The molecule has 26 heavy (non-hydrogen) atoms. The molecule has 1 aromatic rings. The summed E-state index contributed by atoms with van der Waals surface area (Å²) in [6, 6.07) is 8.65. The molecular weight excluding hydrogens is 508 g/mol. The molecule has 0 bridgehead atoms. The SMILES string of the molecule is CC=C(C)C(COc1ccc(SCC2(C)CCCC2)cc1)=C(C)[C](C)=[W]. The molecule has 3 heteroatoms. The molecule has 2 rings (SSSR count). The monoisotopic (exact) mass is 540 g/mol. The first-order valence-electron chi connectivity index (χ1n) is 9.54. The van der Waals surface area contributed by atoms with Crippen molar-refractivity contribution in [2.24, 2.45) is 5.41 Å². The van der Waals surface area contributed by atoms with Gasteiger partial charge in [0.05, 0.1) is 0 Å². The van der Waals surface area contributed by atoms with Crippen molar-refractivity contribution >= 4 is 15.7 Å². The van der Waals surface area contributed by atoms with Gasteiger partial charge in [-0.1, -0.05) is 19.8 Å². The van der Waals surface area contributed by atoms with E-state index >= 15 is 0 Å². The fourth-order valence-corrected chi connectivity index (χ4v) is 4.90. The Kier molecular flexibility index (Phi) is 8.42. The number of rotatable bonds is 8. The Balaban J connectivity index is 1.95. The zero-order chi connectivity index (χ0) is 19.2. The summed E-state index contributed by atoms with van der Waals surface area (Å²) in [5, 5.41) is 0. The van der Waals surface area contributed by atoms with Crippen molar-refractivity contribution in [3.63, 3.8) is 0 Å². The van der Waals surface area contributed by atoms with E-state index in [1.807, 2.05) is 11.8 Å². The minimum absolute atomic E-state index is 0.539. The van der Waals surface area contributed by atoms with Gasteiger partial charge in [-0.25, -0.2) is 0 Å². The minimum atomic E-state index is 0.539. The Morgan fingerprint density at radius 3 is 2.31 bits per heavy atom. The molecule has 142 valence electrons. The van der Waals surface area contributed by atoms with Crippen LogP contribution in [-0.4, -0.2) is 16.3 Å². The van der Waals surface area contributed by atoms with Crippen LogP contribution in [-0.2, 0) is 19.4 Å². The van der Waals surface area contributed by atoms with E-state index < -0.39 is 0 Å². The molecule has 0 radical (unpaired) electrons. The molecule has 0 saturated heterocycles. The van der Waals surface area contributed by atoms with Crippen LogP contribution in [0, 0.1) is 5.41 Å². The zero-order valence-corrected chi connectivity index (χ0v) is 20.6. The van der Waals surface area contributed by atoms with Crippen molar-refractivity contribution in [2.45, 2.75) is 65.2 Å². The first-order valence-corrected chi connectivity index (χ1v) is 12.0. The summed E-state index contributed by atoms with van der Waals surface area (Å²) in [5.41, 5.74) is 4.53. The Bertz CT molecular complexity index is 679. The standard InChI is InChI=1S/C23H32OS.W/c1-6-18(3)22(19(4)7-2)16-24-20-10-12-21(13-11-20)25-17-23(5)14-8-9-15-23;/h6,10-13H,8-9,14-17H2,1-5H3;. The molecule has 0 N–H and O–H groups in total. The van der Waals surface area contributed by atoms with Gasteiger partial charge in [0.1, 0.15) is 0 Å². The molecule has 0 aromatic heterocycles. The number of ether oxygens (including phenoxy) is 1. The van der Waals surface area contributed by atoms with Crippen molar-refractivity contribution < 1.29 is 24.1 Å². The third-order valence-corrected chi connectivity index (χ3v) is 8.04. The summed E-state index contributed by atoms with van der Waals surface area (Å²) in [5.74, 6) is 2.19. The molecule has 0 aliphatic heterocycles. The van der Waals surface area contributed by atoms with Crippen molar-refractivity contribution in [1.29, 1.82) is 0 Å². The number of thioether (sulfide) groups is 1. The molecule has 1 aliphatic rings. The fraction of sp³-hybridized carbons (Fsp3) is 0.522. The van der Waals surface area contributed by atoms with Crippen molar-refractivity contribution in [2.75, 3.05) is 12.4 Å². The van der Waals surface area contributed by atoms with Crippen LogP contribution in [0.25, 0.3) is 0 Å². The second-order valence-corrected chi connectivity index (χ2v) is 10.9. The van der Waals surface area contributed by atoms with Gasteiger partial charge in [0.15, 0.2) is 0 Å². The number of benzene rings is 1. The topological polar surface area (TPSA) is 9.23 Å². The summed E-state index contributed by atoms with van der Waals surface area (Å²) in [6.07, 6.45) is 7.75. The van der Waals surface area contributed by atoms with Crippen molar-refractivity contribution in [1.82, 2.24) is 0 Å². The van der Waals surface area contributed by atoms with Crippen LogP contribution in [0.4, 0.5) is 0 Å². The first-order chi connectivity index (χ1) is 12.3. The second kappa shape index (κ2) is 10.1. The van der Waals surface area contributed by atoms with Gasteiger partial charge in [-0.05, 0) is 12.8 Å². The maximum absolute atomic E-state index is 6.10. The average Bonchev–Trinajstić information content (AvgIpc) is 3.07. The summed E-state index contributed by atoms with van der Waals surface area (Å²) < 4.78 is 7.53.